The minimum atomic E-state index is -4.94. The molecule has 1 aromatic heterocycles. The van der Waals surface area contributed by atoms with Gasteiger partial charge in [0, 0.05) is 18.6 Å². The highest BCUT2D eigenvalue weighted by Crippen LogP contribution is 2.12. The van der Waals surface area contributed by atoms with Crippen LogP contribution in [-0.4, -0.2) is 0 Å². The van der Waals surface area contributed by atoms with E-state index in [0.717, 1.165) is 0 Å². The summed E-state index contributed by atoms with van der Waals surface area (Å²) >= 11 is 0. The summed E-state index contributed by atoms with van der Waals surface area (Å²) < 4.78 is 36.3. The van der Waals surface area contributed by atoms with Crippen LogP contribution in [-0.2, 0) is 6.54 Å². The zero-order valence-electron chi connectivity index (χ0n) is 17.0. The van der Waals surface area contributed by atoms with E-state index >= 15 is 0 Å². The van der Waals surface area contributed by atoms with Gasteiger partial charge < -0.3 is 0 Å². The molecule has 1 aromatic rings. The molecule has 0 radical (unpaired) electrons. The van der Waals surface area contributed by atoms with Crippen LogP contribution in [0.5, 0.6) is 0 Å². The van der Waals surface area contributed by atoms with Gasteiger partial charge in [-0.2, -0.15) is 0 Å². The van der Waals surface area contributed by atoms with Crippen molar-refractivity contribution in [1.82, 2.24) is 0 Å². The molecule has 5 nitrogen and oxygen atoms in total. The Bertz CT molecular complexity index is 406. The fourth-order valence-electron chi connectivity index (χ4n) is 3.07. The van der Waals surface area contributed by atoms with E-state index in [1.807, 2.05) is 0 Å². The van der Waals surface area contributed by atoms with Crippen molar-refractivity contribution in [3.05, 3.63) is 30.6 Å². The van der Waals surface area contributed by atoms with Gasteiger partial charge in [0.2, 0.25) is 0 Å². The second-order valence-electron chi connectivity index (χ2n) is 7.09. The average molecular weight is 404 g/mol. The van der Waals surface area contributed by atoms with Gasteiger partial charge in [-0.1, -0.05) is 90.0 Å². The summed E-state index contributed by atoms with van der Waals surface area (Å²) in [7, 11) is -4.94. The van der Waals surface area contributed by atoms with Gasteiger partial charge >= 0.3 is 0 Å². The van der Waals surface area contributed by atoms with E-state index in [1.54, 1.807) is 0 Å². The van der Waals surface area contributed by atoms with Crippen molar-refractivity contribution in [1.29, 1.82) is 0 Å². The van der Waals surface area contributed by atoms with Crippen molar-refractivity contribution in [3.63, 3.8) is 0 Å². The predicted molar refractivity (Wildman–Crippen MR) is 96.9 cm³/mol. The largest absolute Gasteiger partial charge is 0.222 e. The smallest absolute Gasteiger partial charge is 0.168 e. The summed E-state index contributed by atoms with van der Waals surface area (Å²) in [4.78, 5) is 0. The fraction of sp³-hybridized carbons (Fsp3) is 0.762. The zero-order valence-corrected chi connectivity index (χ0v) is 17.7. The number of unbranched alkanes of at least 4 members (excludes halogenated alkanes) is 13. The Morgan fingerprint density at radius 3 is 1.26 bits per heavy atom. The molecule has 0 bridgehead atoms. The third-order valence-electron chi connectivity index (χ3n) is 4.55. The van der Waals surface area contributed by atoms with E-state index in [4.69, 9.17) is 18.6 Å². The van der Waals surface area contributed by atoms with E-state index < -0.39 is 10.2 Å². The molecule has 0 saturated heterocycles. The first-order valence-corrected chi connectivity index (χ1v) is 11.7. The lowest BCUT2D eigenvalue weighted by Crippen LogP contribution is -2.68. The molecule has 0 saturated carbocycles. The first kappa shape index (κ1) is 26.3. The molecule has 1 heterocycles. The van der Waals surface area contributed by atoms with Gasteiger partial charge in [0.15, 0.2) is 12.4 Å². The summed E-state index contributed by atoms with van der Waals surface area (Å²) in [6.45, 7) is 3.47. The highest BCUT2D eigenvalue weighted by molar-refractivity contribution is 4.83. The molecule has 0 aliphatic carbocycles. The van der Waals surface area contributed by atoms with Gasteiger partial charge in [0.25, 0.3) is 0 Å². The molecule has 0 amide bonds. The lowest BCUT2D eigenvalue weighted by molar-refractivity contribution is -2.00. The monoisotopic (exact) mass is 403 g/mol. The number of nitrogens with zero attached hydrogens (tertiary/aromatic N) is 1. The third kappa shape index (κ3) is 25.3. The molecule has 0 spiro atoms. The van der Waals surface area contributed by atoms with E-state index in [-0.39, 0.29) is 0 Å². The van der Waals surface area contributed by atoms with E-state index in [9.17, 15) is 0 Å². The van der Waals surface area contributed by atoms with Crippen molar-refractivity contribution in [3.8, 4) is 0 Å². The molecule has 0 fully saturated rings. The first-order valence-electron chi connectivity index (χ1n) is 10.5. The van der Waals surface area contributed by atoms with Crippen molar-refractivity contribution < 1.29 is 33.4 Å². The van der Waals surface area contributed by atoms with Crippen LogP contribution in [0.3, 0.4) is 0 Å². The van der Waals surface area contributed by atoms with Gasteiger partial charge in [-0.25, -0.2) is 23.2 Å². The standard InChI is InChI=1S/C21H38N.ClHO4/c1-2-3-4-5-6-7-8-9-10-11-12-13-14-16-19-22-20-17-15-18-21-22;2-1(3,4)5/h15,17-18,20-21H,2-14,16,19H2,1H3;(H,2,3,4,5)/q+1;/p-1. The maximum absolute atomic E-state index is 8.49. The first-order chi connectivity index (χ1) is 12.9. The molecule has 27 heavy (non-hydrogen) atoms. The van der Waals surface area contributed by atoms with Crippen LogP contribution in [0.4, 0.5) is 0 Å². The normalized spacial score (nSPS) is 11.1. The summed E-state index contributed by atoms with van der Waals surface area (Å²) in [5.74, 6) is 0. The summed E-state index contributed by atoms with van der Waals surface area (Å²) in [6.07, 6.45) is 24.4. The molecule has 0 unspecified atom stereocenters. The minimum Gasteiger partial charge on any atom is -0.222 e. The van der Waals surface area contributed by atoms with Crippen LogP contribution < -0.4 is 23.2 Å². The molecule has 158 valence electrons. The Morgan fingerprint density at radius 2 is 0.889 bits per heavy atom. The maximum atomic E-state index is 8.49. The average Bonchev–Trinajstić information content (AvgIpc) is 2.61. The van der Waals surface area contributed by atoms with Crippen LogP contribution in [0.25, 0.3) is 0 Å². The lowest BCUT2D eigenvalue weighted by atomic mass is 10.0. The Hall–Kier alpha value is -0.720. The number of rotatable bonds is 15. The van der Waals surface area contributed by atoms with Gasteiger partial charge in [-0.15, -0.1) is 10.2 Å². The fourth-order valence-corrected chi connectivity index (χ4v) is 3.07. The number of hydrogen-bond acceptors (Lipinski definition) is 4. The molecular weight excluding hydrogens is 366 g/mol. The third-order valence-corrected chi connectivity index (χ3v) is 4.55. The van der Waals surface area contributed by atoms with Crippen LogP contribution in [0, 0.1) is 10.2 Å². The zero-order chi connectivity index (χ0) is 20.2. The van der Waals surface area contributed by atoms with Gasteiger partial charge in [-0.05, 0) is 6.42 Å². The molecule has 1 rings (SSSR count). The van der Waals surface area contributed by atoms with E-state index in [2.05, 4.69) is 42.1 Å². The number of aryl methyl sites for hydroxylation is 1. The topological polar surface area (TPSA) is 96.1 Å². The van der Waals surface area contributed by atoms with Crippen LogP contribution >= 0.6 is 0 Å². The molecule has 0 aliphatic rings. The van der Waals surface area contributed by atoms with Crippen LogP contribution in [0.2, 0.25) is 0 Å². The molecule has 6 heteroatoms. The molecule has 0 atom stereocenters. The van der Waals surface area contributed by atoms with Crippen molar-refractivity contribution in [2.24, 2.45) is 0 Å². The van der Waals surface area contributed by atoms with Crippen molar-refractivity contribution >= 4 is 0 Å². The number of aromatic nitrogens is 1. The predicted octanol–water partition coefficient (Wildman–Crippen LogP) is 1.70. The molecule has 0 aliphatic heterocycles. The van der Waals surface area contributed by atoms with E-state index in [0.29, 0.717) is 0 Å². The Balaban J connectivity index is 0.00000119. The maximum Gasteiger partial charge on any atom is 0.168 e. The number of pyridine rings is 1. The summed E-state index contributed by atoms with van der Waals surface area (Å²) in [6, 6.07) is 6.31. The molecule has 0 aromatic carbocycles. The van der Waals surface area contributed by atoms with Gasteiger partial charge in [0.05, 0.1) is 0 Å². The number of halogens is 1. The Labute approximate surface area is 167 Å². The summed E-state index contributed by atoms with van der Waals surface area (Å²) in [5.41, 5.74) is 0. The van der Waals surface area contributed by atoms with Crippen LogP contribution in [0.1, 0.15) is 96.8 Å². The lowest BCUT2D eigenvalue weighted by Gasteiger charge is -2.17. The Morgan fingerprint density at radius 1 is 0.556 bits per heavy atom. The second-order valence-corrected chi connectivity index (χ2v) is 7.84. The quantitative estimate of drug-likeness (QED) is 0.329. The van der Waals surface area contributed by atoms with Crippen molar-refractivity contribution in [2.45, 2.75) is 103 Å². The highest BCUT2D eigenvalue weighted by atomic mass is 35.7. The minimum absolute atomic E-state index is 1.18. The Kier molecular flexibility index (Phi) is 18.1. The van der Waals surface area contributed by atoms with E-state index in [1.165, 1.54) is 96.4 Å². The second kappa shape index (κ2) is 18.6. The highest BCUT2D eigenvalue weighted by Gasteiger charge is 1.98. The van der Waals surface area contributed by atoms with Crippen LogP contribution in [0.15, 0.2) is 30.6 Å². The number of hydrogen-bond donors (Lipinski definition) is 0. The van der Waals surface area contributed by atoms with Gasteiger partial charge in [0.1, 0.15) is 6.54 Å². The van der Waals surface area contributed by atoms with Gasteiger partial charge in [-0.3, -0.25) is 0 Å². The summed E-state index contributed by atoms with van der Waals surface area (Å²) in [5, 5.41) is 0. The SMILES string of the molecule is CCCCCCCCCCCCCCCC[n+]1ccccc1.[O-][Cl+3]([O-])([O-])[O-]. The molecule has 0 N–H and O–H groups in total. The van der Waals surface area contributed by atoms with Crippen molar-refractivity contribution in [2.75, 3.05) is 0 Å². The molecular formula is C21H38ClNO4.